The van der Waals surface area contributed by atoms with Crippen LogP contribution in [-0.2, 0) is 0 Å². The van der Waals surface area contributed by atoms with Gasteiger partial charge in [0, 0.05) is 14.7 Å². The summed E-state index contributed by atoms with van der Waals surface area (Å²) in [7, 11) is 0. The molecule has 0 unspecified atom stereocenters. The smallest absolute Gasteiger partial charge is 0.0551 e. The molecule has 0 bridgehead atoms. The highest BCUT2D eigenvalue weighted by Gasteiger charge is 2.05. The molecule has 1 aromatic carbocycles. The molecule has 1 aromatic rings. The maximum Gasteiger partial charge on any atom is 0.0551 e. The summed E-state index contributed by atoms with van der Waals surface area (Å²) in [6.45, 7) is 6.25. The van der Waals surface area contributed by atoms with Crippen molar-refractivity contribution in [1.82, 2.24) is 5.43 Å². The van der Waals surface area contributed by atoms with Gasteiger partial charge in [0.05, 0.1) is 6.21 Å². The SMILES string of the molecule is CC(C)(C)N/N=C/c1ccccc1I. The van der Waals surface area contributed by atoms with Crippen LogP contribution in [0.5, 0.6) is 0 Å². The second kappa shape index (κ2) is 4.77. The van der Waals surface area contributed by atoms with Crippen molar-refractivity contribution in [3.63, 3.8) is 0 Å². The van der Waals surface area contributed by atoms with Crippen LogP contribution in [-0.4, -0.2) is 11.8 Å². The van der Waals surface area contributed by atoms with Gasteiger partial charge in [-0.1, -0.05) is 18.2 Å². The lowest BCUT2D eigenvalue weighted by Gasteiger charge is -2.17. The molecule has 0 aliphatic heterocycles. The first-order valence-electron chi connectivity index (χ1n) is 4.54. The second-order valence-corrected chi connectivity index (χ2v) is 5.30. The van der Waals surface area contributed by atoms with Crippen LogP contribution in [0.25, 0.3) is 0 Å². The summed E-state index contributed by atoms with van der Waals surface area (Å²) >= 11 is 2.30. The fourth-order valence-electron chi connectivity index (χ4n) is 0.875. The van der Waals surface area contributed by atoms with Crippen molar-refractivity contribution in [3.05, 3.63) is 33.4 Å². The van der Waals surface area contributed by atoms with Gasteiger partial charge in [0.2, 0.25) is 0 Å². The number of hydrogen-bond donors (Lipinski definition) is 1. The molecule has 1 N–H and O–H groups in total. The zero-order valence-electron chi connectivity index (χ0n) is 8.71. The minimum absolute atomic E-state index is 0.0245. The van der Waals surface area contributed by atoms with Gasteiger partial charge in [-0.25, -0.2) is 0 Å². The van der Waals surface area contributed by atoms with Gasteiger partial charge in [0.1, 0.15) is 0 Å². The Labute approximate surface area is 98.9 Å². The molecule has 0 amide bonds. The Kier molecular flexibility index (Phi) is 3.92. The van der Waals surface area contributed by atoms with E-state index in [0.717, 1.165) is 5.56 Å². The molecule has 0 aliphatic carbocycles. The molecule has 2 nitrogen and oxygen atoms in total. The second-order valence-electron chi connectivity index (χ2n) is 4.14. The third-order valence-corrected chi connectivity index (χ3v) is 2.49. The first kappa shape index (κ1) is 11.5. The summed E-state index contributed by atoms with van der Waals surface area (Å²) in [6.07, 6.45) is 1.85. The Morgan fingerprint density at radius 1 is 1.29 bits per heavy atom. The quantitative estimate of drug-likeness (QED) is 0.507. The molecular formula is C11H15IN2. The standard InChI is InChI=1S/C11H15IN2/c1-11(2,3)14-13-8-9-6-4-5-7-10(9)12/h4-8,14H,1-3H3/b13-8+. The first-order valence-corrected chi connectivity index (χ1v) is 5.62. The lowest BCUT2D eigenvalue weighted by atomic mass is 10.1. The molecule has 0 aliphatic rings. The maximum atomic E-state index is 4.19. The van der Waals surface area contributed by atoms with Crippen LogP contribution in [0.1, 0.15) is 26.3 Å². The van der Waals surface area contributed by atoms with Crippen molar-refractivity contribution in [1.29, 1.82) is 0 Å². The number of halogens is 1. The summed E-state index contributed by atoms with van der Waals surface area (Å²) in [5.74, 6) is 0. The van der Waals surface area contributed by atoms with Crippen LogP contribution >= 0.6 is 22.6 Å². The average Bonchev–Trinajstić information content (AvgIpc) is 2.06. The number of rotatable bonds is 2. The minimum Gasteiger partial charge on any atom is -0.305 e. The van der Waals surface area contributed by atoms with Crippen molar-refractivity contribution in [2.45, 2.75) is 26.3 Å². The van der Waals surface area contributed by atoms with Gasteiger partial charge >= 0.3 is 0 Å². The van der Waals surface area contributed by atoms with Crippen LogP contribution in [0, 0.1) is 3.57 Å². The molecule has 0 heterocycles. The topological polar surface area (TPSA) is 24.4 Å². The van der Waals surface area contributed by atoms with Crippen LogP contribution in [0.4, 0.5) is 0 Å². The predicted molar refractivity (Wildman–Crippen MR) is 69.6 cm³/mol. The highest BCUT2D eigenvalue weighted by molar-refractivity contribution is 14.1. The fourth-order valence-corrected chi connectivity index (χ4v) is 1.40. The van der Waals surface area contributed by atoms with Crippen LogP contribution in [0.2, 0.25) is 0 Å². The molecule has 1 rings (SSSR count). The van der Waals surface area contributed by atoms with E-state index >= 15 is 0 Å². The molecule has 0 saturated carbocycles. The highest BCUT2D eigenvalue weighted by Crippen LogP contribution is 2.08. The van der Waals surface area contributed by atoms with Gasteiger partial charge in [-0.3, -0.25) is 0 Å². The van der Waals surface area contributed by atoms with E-state index in [2.05, 4.69) is 66.0 Å². The maximum absolute atomic E-state index is 4.19. The third-order valence-electron chi connectivity index (χ3n) is 1.51. The third kappa shape index (κ3) is 4.09. The summed E-state index contributed by atoms with van der Waals surface area (Å²) in [5, 5.41) is 4.19. The van der Waals surface area contributed by atoms with E-state index in [1.54, 1.807) is 0 Å². The van der Waals surface area contributed by atoms with Gasteiger partial charge in [-0.15, -0.1) is 0 Å². The molecule has 0 fully saturated rings. The van der Waals surface area contributed by atoms with Gasteiger partial charge in [0.25, 0.3) is 0 Å². The number of nitrogens with zero attached hydrogens (tertiary/aromatic N) is 1. The minimum atomic E-state index is 0.0245. The number of benzene rings is 1. The van der Waals surface area contributed by atoms with E-state index in [4.69, 9.17) is 0 Å². The van der Waals surface area contributed by atoms with Gasteiger partial charge in [-0.2, -0.15) is 5.10 Å². The van der Waals surface area contributed by atoms with Crippen molar-refractivity contribution in [3.8, 4) is 0 Å². The van der Waals surface area contributed by atoms with E-state index in [1.807, 2.05) is 18.3 Å². The van der Waals surface area contributed by atoms with Gasteiger partial charge in [-0.05, 0) is 49.4 Å². The molecule has 0 spiro atoms. The molecule has 0 radical (unpaired) electrons. The Balaban J connectivity index is 2.65. The van der Waals surface area contributed by atoms with E-state index < -0.39 is 0 Å². The monoisotopic (exact) mass is 302 g/mol. The molecule has 0 aromatic heterocycles. The Hall–Kier alpha value is -0.580. The Morgan fingerprint density at radius 3 is 2.50 bits per heavy atom. The predicted octanol–water partition coefficient (Wildman–Crippen LogP) is 3.01. The first-order chi connectivity index (χ1) is 6.49. The Bertz CT molecular complexity index is 326. The van der Waals surface area contributed by atoms with Crippen molar-refractivity contribution >= 4 is 28.8 Å². The van der Waals surface area contributed by atoms with Gasteiger partial charge < -0.3 is 5.43 Å². The molecule has 0 atom stereocenters. The van der Waals surface area contributed by atoms with Crippen molar-refractivity contribution < 1.29 is 0 Å². The summed E-state index contributed by atoms with van der Waals surface area (Å²) in [5.41, 5.74) is 4.23. The molecular weight excluding hydrogens is 287 g/mol. The van der Waals surface area contributed by atoms with Crippen LogP contribution in [0.15, 0.2) is 29.4 Å². The molecule has 76 valence electrons. The number of hydrogen-bond acceptors (Lipinski definition) is 2. The summed E-state index contributed by atoms with van der Waals surface area (Å²) in [4.78, 5) is 0. The fraction of sp³-hybridized carbons (Fsp3) is 0.364. The lowest BCUT2D eigenvalue weighted by molar-refractivity contribution is 0.442. The van der Waals surface area contributed by atoms with E-state index in [-0.39, 0.29) is 5.54 Å². The van der Waals surface area contributed by atoms with Crippen molar-refractivity contribution in [2.24, 2.45) is 5.10 Å². The van der Waals surface area contributed by atoms with Crippen LogP contribution < -0.4 is 5.43 Å². The zero-order valence-corrected chi connectivity index (χ0v) is 10.9. The van der Waals surface area contributed by atoms with Crippen LogP contribution in [0.3, 0.4) is 0 Å². The zero-order chi connectivity index (χ0) is 10.6. The summed E-state index contributed by atoms with van der Waals surface area (Å²) < 4.78 is 1.21. The Morgan fingerprint density at radius 2 is 1.93 bits per heavy atom. The highest BCUT2D eigenvalue weighted by atomic mass is 127. The number of hydrazone groups is 1. The largest absolute Gasteiger partial charge is 0.305 e. The lowest BCUT2D eigenvalue weighted by Crippen LogP contribution is -2.31. The summed E-state index contributed by atoms with van der Waals surface area (Å²) in [6, 6.07) is 8.16. The van der Waals surface area contributed by atoms with E-state index in [1.165, 1.54) is 3.57 Å². The van der Waals surface area contributed by atoms with Gasteiger partial charge in [0.15, 0.2) is 0 Å². The normalized spacial score (nSPS) is 12.0. The number of nitrogens with one attached hydrogen (secondary N) is 1. The van der Waals surface area contributed by atoms with E-state index in [9.17, 15) is 0 Å². The molecule has 3 heteroatoms. The average molecular weight is 302 g/mol. The molecule has 14 heavy (non-hydrogen) atoms. The molecule has 0 saturated heterocycles. The van der Waals surface area contributed by atoms with E-state index in [0.29, 0.717) is 0 Å². The van der Waals surface area contributed by atoms with Crippen molar-refractivity contribution in [2.75, 3.05) is 0 Å².